The number of carbonyl (C=O) groups excluding carboxylic acids is 1. The molecule has 8 heteroatoms. The Hall–Kier alpha value is -2.58. The fourth-order valence-corrected chi connectivity index (χ4v) is 4.29. The molecule has 1 N–H and O–H groups in total. The summed E-state index contributed by atoms with van der Waals surface area (Å²) in [6.45, 7) is 6.84. The van der Waals surface area contributed by atoms with Crippen molar-refractivity contribution in [2.75, 3.05) is 37.7 Å². The Morgan fingerprint density at radius 2 is 1.73 bits per heavy atom. The van der Waals surface area contributed by atoms with Crippen molar-refractivity contribution in [2.45, 2.75) is 32.1 Å². The average molecular weight is 435 g/mol. The van der Waals surface area contributed by atoms with E-state index in [2.05, 4.69) is 5.32 Å². The van der Waals surface area contributed by atoms with Gasteiger partial charge in [0.15, 0.2) is 0 Å². The molecule has 1 amide bonds. The highest BCUT2D eigenvalue weighted by Crippen LogP contribution is 2.33. The number of nitrogens with one attached hydrogen (secondary N) is 1. The van der Waals surface area contributed by atoms with Gasteiger partial charge in [-0.25, -0.2) is 8.42 Å². The van der Waals surface area contributed by atoms with E-state index in [-0.39, 0.29) is 11.4 Å². The van der Waals surface area contributed by atoms with Gasteiger partial charge in [0, 0.05) is 19.8 Å². The molecule has 2 aromatic rings. The number of benzene rings is 2. The molecule has 0 heterocycles. The van der Waals surface area contributed by atoms with Crippen LogP contribution in [-0.4, -0.2) is 47.7 Å². The van der Waals surface area contributed by atoms with Gasteiger partial charge in [0.2, 0.25) is 5.91 Å². The quantitative estimate of drug-likeness (QED) is 0.550. The number of rotatable bonds is 11. The third-order valence-electron chi connectivity index (χ3n) is 4.49. The molecule has 0 aliphatic rings. The molecule has 0 saturated heterocycles. The zero-order valence-corrected chi connectivity index (χ0v) is 18.8. The Morgan fingerprint density at radius 1 is 1.07 bits per heavy atom. The van der Waals surface area contributed by atoms with E-state index in [0.29, 0.717) is 37.6 Å². The maximum absolute atomic E-state index is 13.4. The van der Waals surface area contributed by atoms with Crippen LogP contribution >= 0.6 is 0 Å². The van der Waals surface area contributed by atoms with Crippen LogP contribution in [0.4, 0.5) is 5.69 Å². The predicted octanol–water partition coefficient (Wildman–Crippen LogP) is 3.05. The molecule has 0 radical (unpaired) electrons. The number of carbonyl (C=O) groups is 1. The van der Waals surface area contributed by atoms with Crippen molar-refractivity contribution >= 4 is 21.6 Å². The summed E-state index contributed by atoms with van der Waals surface area (Å²) >= 11 is 0. The summed E-state index contributed by atoms with van der Waals surface area (Å²) in [5, 5.41) is 2.76. The number of aryl methyl sites for hydroxylation is 2. The van der Waals surface area contributed by atoms with Crippen LogP contribution in [0.15, 0.2) is 47.4 Å². The molecule has 0 atom stereocenters. The third-order valence-corrected chi connectivity index (χ3v) is 6.26. The first-order valence-electron chi connectivity index (χ1n) is 9.88. The molecular formula is C22H30N2O5S. The minimum Gasteiger partial charge on any atom is -0.495 e. The summed E-state index contributed by atoms with van der Waals surface area (Å²) < 4.78 is 38.6. The van der Waals surface area contributed by atoms with Crippen LogP contribution in [0, 0.1) is 13.8 Å². The standard InChI is InChI=1S/C22H30N2O5S/c1-5-29-14-6-13-23-22(25)16-24(20-15-18(3)9-12-21(20)28-4)30(26,27)19-10-7-17(2)8-11-19/h7-12,15H,5-6,13-14,16H2,1-4H3,(H,23,25). The zero-order chi connectivity index (χ0) is 22.1. The highest BCUT2D eigenvalue weighted by molar-refractivity contribution is 7.92. The van der Waals surface area contributed by atoms with Gasteiger partial charge in [0.1, 0.15) is 12.3 Å². The average Bonchev–Trinajstić information content (AvgIpc) is 2.72. The van der Waals surface area contributed by atoms with Crippen LogP contribution in [0.1, 0.15) is 24.5 Å². The van der Waals surface area contributed by atoms with Gasteiger partial charge in [-0.05, 0) is 57.0 Å². The second-order valence-electron chi connectivity index (χ2n) is 6.90. The van der Waals surface area contributed by atoms with Crippen molar-refractivity contribution in [3.63, 3.8) is 0 Å². The normalized spacial score (nSPS) is 11.2. The van der Waals surface area contributed by atoms with E-state index in [4.69, 9.17) is 9.47 Å². The second kappa shape index (κ2) is 11.0. The van der Waals surface area contributed by atoms with Gasteiger partial charge >= 0.3 is 0 Å². The summed E-state index contributed by atoms with van der Waals surface area (Å²) in [6, 6.07) is 11.8. The first-order chi connectivity index (χ1) is 14.3. The van der Waals surface area contributed by atoms with Crippen LogP contribution in [0.3, 0.4) is 0 Å². The lowest BCUT2D eigenvalue weighted by molar-refractivity contribution is -0.119. The minimum absolute atomic E-state index is 0.112. The van der Waals surface area contributed by atoms with E-state index < -0.39 is 15.9 Å². The van der Waals surface area contributed by atoms with E-state index in [9.17, 15) is 13.2 Å². The number of amides is 1. The lowest BCUT2D eigenvalue weighted by atomic mass is 10.2. The maximum atomic E-state index is 13.4. The number of hydrogen-bond acceptors (Lipinski definition) is 5. The summed E-state index contributed by atoms with van der Waals surface area (Å²) in [5.74, 6) is -0.0221. The number of sulfonamides is 1. The third kappa shape index (κ3) is 6.21. The Bertz CT molecular complexity index is 943. The highest BCUT2D eigenvalue weighted by atomic mass is 32.2. The van der Waals surface area contributed by atoms with E-state index >= 15 is 0 Å². The van der Waals surface area contributed by atoms with E-state index in [0.717, 1.165) is 15.4 Å². The fraction of sp³-hybridized carbons (Fsp3) is 0.409. The highest BCUT2D eigenvalue weighted by Gasteiger charge is 2.29. The molecule has 0 aliphatic carbocycles. The molecule has 0 bridgehead atoms. The monoisotopic (exact) mass is 434 g/mol. The van der Waals surface area contributed by atoms with E-state index in [1.54, 1.807) is 36.4 Å². The Kier molecular flexibility index (Phi) is 8.68. The molecule has 2 rings (SSSR count). The van der Waals surface area contributed by atoms with Crippen molar-refractivity contribution in [3.05, 3.63) is 53.6 Å². The van der Waals surface area contributed by atoms with Crippen molar-refractivity contribution in [1.29, 1.82) is 0 Å². The largest absolute Gasteiger partial charge is 0.495 e. The van der Waals surface area contributed by atoms with Gasteiger partial charge < -0.3 is 14.8 Å². The SMILES string of the molecule is CCOCCCNC(=O)CN(c1cc(C)ccc1OC)S(=O)(=O)c1ccc(C)cc1. The number of methoxy groups -OCH3 is 1. The van der Waals surface area contributed by atoms with Gasteiger partial charge in [-0.3, -0.25) is 9.10 Å². The van der Waals surface area contributed by atoms with Crippen molar-refractivity contribution in [3.8, 4) is 5.75 Å². The molecule has 164 valence electrons. The van der Waals surface area contributed by atoms with Crippen LogP contribution in [0.2, 0.25) is 0 Å². The predicted molar refractivity (Wildman–Crippen MR) is 118 cm³/mol. The molecule has 2 aromatic carbocycles. The number of nitrogens with zero attached hydrogens (tertiary/aromatic N) is 1. The number of ether oxygens (including phenoxy) is 2. The Labute approximate surface area is 179 Å². The topological polar surface area (TPSA) is 84.9 Å². The molecule has 0 aromatic heterocycles. The van der Waals surface area contributed by atoms with Gasteiger partial charge in [0.25, 0.3) is 10.0 Å². The Morgan fingerprint density at radius 3 is 2.37 bits per heavy atom. The summed E-state index contributed by atoms with van der Waals surface area (Å²) in [4.78, 5) is 12.7. The maximum Gasteiger partial charge on any atom is 0.264 e. The van der Waals surface area contributed by atoms with Crippen LogP contribution in [-0.2, 0) is 19.6 Å². The fourth-order valence-electron chi connectivity index (χ4n) is 2.86. The van der Waals surface area contributed by atoms with Crippen LogP contribution in [0.5, 0.6) is 5.75 Å². The molecule has 30 heavy (non-hydrogen) atoms. The zero-order valence-electron chi connectivity index (χ0n) is 18.0. The van der Waals surface area contributed by atoms with Crippen molar-refractivity contribution in [2.24, 2.45) is 0 Å². The molecule has 7 nitrogen and oxygen atoms in total. The first kappa shape index (κ1) is 23.7. The van der Waals surface area contributed by atoms with Crippen molar-refractivity contribution in [1.82, 2.24) is 5.32 Å². The van der Waals surface area contributed by atoms with Gasteiger partial charge in [-0.1, -0.05) is 23.8 Å². The first-order valence-corrected chi connectivity index (χ1v) is 11.3. The smallest absolute Gasteiger partial charge is 0.264 e. The second-order valence-corrected chi connectivity index (χ2v) is 8.76. The molecule has 0 fully saturated rings. The summed E-state index contributed by atoms with van der Waals surface area (Å²) in [6.07, 6.45) is 0.651. The van der Waals surface area contributed by atoms with Crippen LogP contribution < -0.4 is 14.4 Å². The van der Waals surface area contributed by atoms with E-state index in [1.807, 2.05) is 26.8 Å². The molecule has 0 aliphatic heterocycles. The molecular weight excluding hydrogens is 404 g/mol. The van der Waals surface area contributed by atoms with Crippen LogP contribution in [0.25, 0.3) is 0 Å². The summed E-state index contributed by atoms with van der Waals surface area (Å²) in [5.41, 5.74) is 2.12. The lowest BCUT2D eigenvalue weighted by Gasteiger charge is -2.26. The Balaban J connectivity index is 2.35. The number of anilines is 1. The van der Waals surface area contributed by atoms with Gasteiger partial charge in [0.05, 0.1) is 17.7 Å². The van der Waals surface area contributed by atoms with E-state index in [1.165, 1.54) is 7.11 Å². The summed E-state index contributed by atoms with van der Waals surface area (Å²) in [7, 11) is -2.52. The number of hydrogen-bond donors (Lipinski definition) is 1. The lowest BCUT2D eigenvalue weighted by Crippen LogP contribution is -2.41. The molecule has 0 saturated carbocycles. The van der Waals surface area contributed by atoms with Gasteiger partial charge in [-0.2, -0.15) is 0 Å². The minimum atomic E-state index is -3.99. The molecule has 0 spiro atoms. The van der Waals surface area contributed by atoms with Crippen molar-refractivity contribution < 1.29 is 22.7 Å². The molecule has 0 unspecified atom stereocenters. The van der Waals surface area contributed by atoms with Gasteiger partial charge in [-0.15, -0.1) is 0 Å².